The molecule has 2 amide bonds. The van der Waals surface area contributed by atoms with Crippen molar-refractivity contribution < 1.29 is 23.9 Å². The number of carbonyl (C=O) groups is 3. The van der Waals surface area contributed by atoms with Crippen LogP contribution in [0.2, 0.25) is 0 Å². The van der Waals surface area contributed by atoms with Crippen LogP contribution in [0, 0.1) is 11.3 Å². The van der Waals surface area contributed by atoms with Gasteiger partial charge in [-0.3, -0.25) is 14.5 Å². The molecule has 0 aliphatic carbocycles. The molecule has 0 spiro atoms. The molecule has 0 saturated heterocycles. The van der Waals surface area contributed by atoms with Gasteiger partial charge in [0.15, 0.2) is 0 Å². The summed E-state index contributed by atoms with van der Waals surface area (Å²) in [5, 5.41) is 9.38. The normalized spacial score (nSPS) is 13.0. The highest BCUT2D eigenvalue weighted by Gasteiger charge is 2.35. The Hall–Kier alpha value is -3.44. The zero-order valence-corrected chi connectivity index (χ0v) is 19.1. The largest absolute Gasteiger partial charge is 0.493 e. The molecule has 8 heteroatoms. The average molecular weight is 497 g/mol. The van der Waals surface area contributed by atoms with Gasteiger partial charge in [-0.15, -0.1) is 0 Å². The summed E-state index contributed by atoms with van der Waals surface area (Å²) in [6.07, 6.45) is 2.51. The van der Waals surface area contributed by atoms with E-state index in [1.807, 2.05) is 19.1 Å². The third kappa shape index (κ3) is 5.24. The van der Waals surface area contributed by atoms with E-state index >= 15 is 0 Å². The van der Waals surface area contributed by atoms with Gasteiger partial charge in [-0.05, 0) is 43.2 Å². The van der Waals surface area contributed by atoms with Gasteiger partial charge in [-0.1, -0.05) is 41.1 Å². The van der Waals surface area contributed by atoms with Crippen LogP contribution in [0.15, 0.2) is 52.5 Å². The number of benzene rings is 2. The molecule has 1 heterocycles. The molecule has 0 fully saturated rings. The first-order valence-corrected chi connectivity index (χ1v) is 10.9. The monoisotopic (exact) mass is 496 g/mol. The molecule has 1 aliphatic rings. The molecule has 0 aromatic heterocycles. The van der Waals surface area contributed by atoms with E-state index in [4.69, 9.17) is 9.47 Å². The molecule has 0 saturated carbocycles. The van der Waals surface area contributed by atoms with Crippen molar-refractivity contribution in [2.24, 2.45) is 0 Å². The summed E-state index contributed by atoms with van der Waals surface area (Å²) < 4.78 is 11.5. The van der Waals surface area contributed by atoms with Crippen LogP contribution >= 0.6 is 15.9 Å². The van der Waals surface area contributed by atoms with Crippen LogP contribution in [0.4, 0.5) is 0 Å². The lowest BCUT2D eigenvalue weighted by Gasteiger charge is -2.13. The van der Waals surface area contributed by atoms with Crippen molar-refractivity contribution in [2.45, 2.75) is 19.8 Å². The molecular weight excluding hydrogens is 476 g/mol. The fraction of sp³-hybridized carbons (Fsp3) is 0.250. The van der Waals surface area contributed by atoms with Crippen LogP contribution in [0.25, 0.3) is 6.08 Å². The summed E-state index contributed by atoms with van der Waals surface area (Å²) in [5.41, 5.74) is 1.14. The van der Waals surface area contributed by atoms with Crippen molar-refractivity contribution in [3.05, 3.63) is 69.2 Å². The second kappa shape index (κ2) is 10.7. The van der Waals surface area contributed by atoms with E-state index in [0.717, 1.165) is 11.3 Å². The third-order valence-corrected chi connectivity index (χ3v) is 5.21. The Kier molecular flexibility index (Phi) is 7.79. The Balaban J connectivity index is 1.57. The van der Waals surface area contributed by atoms with Gasteiger partial charge in [0.2, 0.25) is 0 Å². The number of ether oxygens (including phenoxy) is 2. The fourth-order valence-electron chi connectivity index (χ4n) is 3.17. The molecule has 0 radical (unpaired) electrons. The maximum Gasteiger partial charge on any atom is 0.348 e. The molecule has 7 nitrogen and oxygen atoms in total. The Morgan fingerprint density at radius 1 is 1.12 bits per heavy atom. The van der Waals surface area contributed by atoms with Gasteiger partial charge in [0, 0.05) is 16.6 Å². The molecule has 2 aromatic carbocycles. The second-order valence-corrected chi connectivity index (χ2v) is 7.91. The maximum atomic E-state index is 12.5. The Bertz CT molecular complexity index is 1120. The predicted octanol–water partition coefficient (Wildman–Crippen LogP) is 4.37. The molecule has 3 rings (SSSR count). The molecular formula is C24H21BrN2O5. The fourth-order valence-corrected chi connectivity index (χ4v) is 3.53. The van der Waals surface area contributed by atoms with Crippen molar-refractivity contribution in [3.63, 3.8) is 0 Å². The molecule has 32 heavy (non-hydrogen) atoms. The number of imide groups is 1. The molecule has 164 valence electrons. The van der Waals surface area contributed by atoms with Crippen molar-refractivity contribution in [3.8, 4) is 11.8 Å². The van der Waals surface area contributed by atoms with Crippen LogP contribution in [-0.4, -0.2) is 42.4 Å². The minimum Gasteiger partial charge on any atom is -0.493 e. The van der Waals surface area contributed by atoms with E-state index in [1.54, 1.807) is 36.4 Å². The number of nitriles is 1. The Morgan fingerprint density at radius 3 is 2.62 bits per heavy atom. The number of hydrogen-bond donors (Lipinski definition) is 0. The van der Waals surface area contributed by atoms with Crippen molar-refractivity contribution in [2.75, 3.05) is 19.8 Å². The van der Waals surface area contributed by atoms with E-state index in [-0.39, 0.29) is 37.0 Å². The number of amides is 2. The highest BCUT2D eigenvalue weighted by atomic mass is 79.9. The molecule has 0 N–H and O–H groups in total. The number of para-hydroxylation sites is 1. The first-order chi connectivity index (χ1) is 15.5. The summed E-state index contributed by atoms with van der Waals surface area (Å²) in [6, 6.07) is 13.9. The number of hydrogen-bond acceptors (Lipinski definition) is 6. The Morgan fingerprint density at radius 2 is 1.88 bits per heavy atom. The highest BCUT2D eigenvalue weighted by Crippen LogP contribution is 2.26. The standard InChI is InChI=1S/C24H21BrN2O5/c1-2-11-31-21-7-4-3-6-16(21)13-17(15-26)24(30)32-12-5-10-27-22(28)19-9-8-18(25)14-20(19)23(27)29/h3-4,6-9,13-14H,2,5,10-12H2,1H3/b17-13+. The highest BCUT2D eigenvalue weighted by molar-refractivity contribution is 9.10. The zero-order chi connectivity index (χ0) is 23.1. The minimum atomic E-state index is -0.774. The summed E-state index contributed by atoms with van der Waals surface area (Å²) in [7, 11) is 0. The van der Waals surface area contributed by atoms with Gasteiger partial charge in [0.05, 0.1) is 24.3 Å². The number of fused-ring (bicyclic) bond motifs is 1. The van der Waals surface area contributed by atoms with E-state index in [1.165, 1.54) is 6.08 Å². The first-order valence-electron chi connectivity index (χ1n) is 10.1. The zero-order valence-electron chi connectivity index (χ0n) is 17.5. The predicted molar refractivity (Wildman–Crippen MR) is 121 cm³/mol. The van der Waals surface area contributed by atoms with Crippen LogP contribution in [0.3, 0.4) is 0 Å². The summed E-state index contributed by atoms with van der Waals surface area (Å²) in [4.78, 5) is 38.4. The molecule has 2 aromatic rings. The van der Waals surface area contributed by atoms with Gasteiger partial charge in [0.1, 0.15) is 17.4 Å². The van der Waals surface area contributed by atoms with Crippen LogP contribution in [0.5, 0.6) is 5.75 Å². The van der Waals surface area contributed by atoms with E-state index in [2.05, 4.69) is 15.9 Å². The smallest absolute Gasteiger partial charge is 0.348 e. The number of rotatable bonds is 9. The summed E-state index contributed by atoms with van der Waals surface area (Å²) >= 11 is 3.29. The maximum absolute atomic E-state index is 12.5. The van der Waals surface area contributed by atoms with Crippen LogP contribution in [-0.2, 0) is 9.53 Å². The third-order valence-electron chi connectivity index (χ3n) is 4.71. The van der Waals surface area contributed by atoms with Crippen molar-refractivity contribution >= 4 is 39.8 Å². The molecule has 0 bridgehead atoms. The van der Waals surface area contributed by atoms with Crippen molar-refractivity contribution in [1.82, 2.24) is 4.90 Å². The lowest BCUT2D eigenvalue weighted by Crippen LogP contribution is -2.31. The SMILES string of the molecule is CCCOc1ccccc1/C=C(\C#N)C(=O)OCCCN1C(=O)c2ccc(Br)cc2C1=O. The molecule has 1 aliphatic heterocycles. The topological polar surface area (TPSA) is 96.7 Å². The van der Waals surface area contributed by atoms with Crippen LogP contribution in [0.1, 0.15) is 46.0 Å². The van der Waals surface area contributed by atoms with E-state index < -0.39 is 5.97 Å². The number of nitrogens with zero attached hydrogens (tertiary/aromatic N) is 2. The Labute approximate surface area is 194 Å². The van der Waals surface area contributed by atoms with E-state index in [9.17, 15) is 19.6 Å². The molecule has 0 unspecified atom stereocenters. The van der Waals surface area contributed by atoms with Gasteiger partial charge < -0.3 is 9.47 Å². The van der Waals surface area contributed by atoms with E-state index in [0.29, 0.717) is 33.5 Å². The number of esters is 1. The quantitative estimate of drug-likeness (QED) is 0.168. The average Bonchev–Trinajstić information content (AvgIpc) is 3.03. The van der Waals surface area contributed by atoms with Crippen molar-refractivity contribution in [1.29, 1.82) is 5.26 Å². The van der Waals surface area contributed by atoms with Gasteiger partial charge in [-0.25, -0.2) is 4.79 Å². The lowest BCUT2D eigenvalue weighted by atomic mass is 10.1. The minimum absolute atomic E-state index is 0.0388. The van der Waals surface area contributed by atoms with Gasteiger partial charge >= 0.3 is 5.97 Å². The summed E-state index contributed by atoms with van der Waals surface area (Å²) in [5.74, 6) is -0.944. The number of halogens is 1. The molecule has 0 atom stereocenters. The lowest BCUT2D eigenvalue weighted by molar-refractivity contribution is -0.138. The van der Waals surface area contributed by atoms with Gasteiger partial charge in [0.25, 0.3) is 11.8 Å². The second-order valence-electron chi connectivity index (χ2n) is 7.00. The summed E-state index contributed by atoms with van der Waals surface area (Å²) in [6.45, 7) is 2.57. The first kappa shape index (κ1) is 23.2. The van der Waals surface area contributed by atoms with Crippen LogP contribution < -0.4 is 4.74 Å². The number of carbonyl (C=O) groups excluding carboxylic acids is 3. The van der Waals surface area contributed by atoms with Gasteiger partial charge in [-0.2, -0.15) is 5.26 Å².